The highest BCUT2D eigenvalue weighted by Crippen LogP contribution is 2.28. The van der Waals surface area contributed by atoms with Crippen molar-refractivity contribution >= 4 is 11.6 Å². The molecule has 0 spiro atoms. The molecule has 1 aliphatic rings. The molecule has 0 unspecified atom stereocenters. The van der Waals surface area contributed by atoms with Gasteiger partial charge in [-0.15, -0.1) is 0 Å². The molecular formula is C14H12N2O3. The molecule has 1 heterocycles. The van der Waals surface area contributed by atoms with Gasteiger partial charge in [-0.3, -0.25) is 9.59 Å². The van der Waals surface area contributed by atoms with E-state index in [1.807, 2.05) is 13.8 Å². The Labute approximate surface area is 109 Å². The van der Waals surface area contributed by atoms with Crippen LogP contribution in [0.1, 0.15) is 57.7 Å². The van der Waals surface area contributed by atoms with Crippen LogP contribution in [-0.4, -0.2) is 26.5 Å². The van der Waals surface area contributed by atoms with E-state index in [-0.39, 0.29) is 28.9 Å². The minimum Gasteiger partial charge on any atom is -0.426 e. The van der Waals surface area contributed by atoms with Gasteiger partial charge in [0.25, 0.3) is 0 Å². The number of imidazole rings is 1. The van der Waals surface area contributed by atoms with Crippen LogP contribution in [0.5, 0.6) is 0 Å². The lowest BCUT2D eigenvalue weighted by Crippen LogP contribution is -2.22. The number of benzene rings is 1. The van der Waals surface area contributed by atoms with Crippen molar-refractivity contribution in [2.75, 3.05) is 0 Å². The molecule has 1 aliphatic carbocycles. The number of nitrogens with zero attached hydrogens (tertiary/aromatic N) is 2. The Morgan fingerprint density at radius 3 is 2.26 bits per heavy atom. The monoisotopic (exact) mass is 256 g/mol. The summed E-state index contributed by atoms with van der Waals surface area (Å²) in [6.07, 6.45) is 0. The lowest BCUT2D eigenvalue weighted by atomic mass is 9.90. The number of aromatic nitrogens is 2. The summed E-state index contributed by atoms with van der Waals surface area (Å²) in [5, 5.41) is 10.0. The molecule has 3 rings (SSSR count). The Kier molecular flexibility index (Phi) is 2.32. The fraction of sp³-hybridized carbons (Fsp3) is 0.214. The largest absolute Gasteiger partial charge is 0.426 e. The highest BCUT2D eigenvalue weighted by molar-refractivity contribution is 6.27. The summed E-state index contributed by atoms with van der Waals surface area (Å²) in [6, 6.07) is 6.58. The number of carbonyl (C=O) groups is 2. The van der Waals surface area contributed by atoms with E-state index >= 15 is 0 Å². The van der Waals surface area contributed by atoms with E-state index in [1.165, 1.54) is 0 Å². The standard InChI is InChI=1S/C14H12N2O3/c1-7(2)14-15-10-11(16(14)19)13(18)9-6-4-3-5-8(9)12(10)17/h3-7,19H,1-2H3. The van der Waals surface area contributed by atoms with Crippen LogP contribution >= 0.6 is 0 Å². The number of hydrogen-bond acceptors (Lipinski definition) is 4. The molecule has 1 N–H and O–H groups in total. The first-order chi connectivity index (χ1) is 9.02. The number of carbonyl (C=O) groups excluding carboxylic acids is 2. The zero-order valence-electron chi connectivity index (χ0n) is 10.5. The second-order valence-electron chi connectivity index (χ2n) is 4.84. The Hall–Kier alpha value is -2.43. The Morgan fingerprint density at radius 1 is 1.11 bits per heavy atom. The van der Waals surface area contributed by atoms with Crippen LogP contribution in [0.2, 0.25) is 0 Å². The third-order valence-electron chi connectivity index (χ3n) is 3.24. The highest BCUT2D eigenvalue weighted by Gasteiger charge is 2.36. The zero-order chi connectivity index (χ0) is 13.7. The second kappa shape index (κ2) is 3.78. The summed E-state index contributed by atoms with van der Waals surface area (Å²) in [5.41, 5.74) is 0.654. The molecular weight excluding hydrogens is 244 g/mol. The molecule has 0 amide bonds. The molecule has 0 atom stereocenters. The second-order valence-corrected chi connectivity index (χ2v) is 4.84. The van der Waals surface area contributed by atoms with E-state index in [1.54, 1.807) is 24.3 Å². The van der Waals surface area contributed by atoms with Gasteiger partial charge in [-0.1, -0.05) is 38.1 Å². The van der Waals surface area contributed by atoms with Gasteiger partial charge in [-0.05, 0) is 0 Å². The molecule has 19 heavy (non-hydrogen) atoms. The average Bonchev–Trinajstić information content (AvgIpc) is 2.74. The third kappa shape index (κ3) is 1.44. The summed E-state index contributed by atoms with van der Waals surface area (Å²) in [4.78, 5) is 28.8. The SMILES string of the molecule is CC(C)c1nc2c(n1O)C(=O)c1ccccc1C2=O. The topological polar surface area (TPSA) is 72.2 Å². The first-order valence-corrected chi connectivity index (χ1v) is 6.02. The van der Waals surface area contributed by atoms with Gasteiger partial charge in [0, 0.05) is 17.0 Å². The van der Waals surface area contributed by atoms with Crippen molar-refractivity contribution in [3.63, 3.8) is 0 Å². The van der Waals surface area contributed by atoms with E-state index in [4.69, 9.17) is 0 Å². The normalized spacial score (nSPS) is 13.6. The average molecular weight is 256 g/mol. The lowest BCUT2D eigenvalue weighted by molar-refractivity contribution is 0.0934. The van der Waals surface area contributed by atoms with Crippen LogP contribution in [-0.2, 0) is 0 Å². The number of hydrogen-bond donors (Lipinski definition) is 1. The third-order valence-corrected chi connectivity index (χ3v) is 3.24. The minimum atomic E-state index is -0.368. The highest BCUT2D eigenvalue weighted by atomic mass is 16.5. The summed E-state index contributed by atoms with van der Waals surface area (Å²) in [5.74, 6) is -0.453. The van der Waals surface area contributed by atoms with Gasteiger partial charge in [-0.25, -0.2) is 4.98 Å². The Bertz CT molecular complexity index is 713. The maximum absolute atomic E-state index is 12.3. The van der Waals surface area contributed by atoms with Gasteiger partial charge < -0.3 is 5.21 Å². The van der Waals surface area contributed by atoms with Crippen molar-refractivity contribution in [3.05, 3.63) is 52.6 Å². The molecule has 5 nitrogen and oxygen atoms in total. The van der Waals surface area contributed by atoms with Gasteiger partial charge in [0.1, 0.15) is 11.5 Å². The van der Waals surface area contributed by atoms with Gasteiger partial charge in [0.2, 0.25) is 11.6 Å². The van der Waals surface area contributed by atoms with Gasteiger partial charge in [0.15, 0.2) is 5.69 Å². The molecule has 0 saturated heterocycles. The zero-order valence-corrected chi connectivity index (χ0v) is 10.5. The minimum absolute atomic E-state index is 0.0348. The van der Waals surface area contributed by atoms with Gasteiger partial charge in [0.05, 0.1) is 0 Å². The molecule has 0 fully saturated rings. The van der Waals surface area contributed by atoms with Gasteiger partial charge >= 0.3 is 0 Å². The van der Waals surface area contributed by atoms with E-state index in [2.05, 4.69) is 4.98 Å². The predicted molar refractivity (Wildman–Crippen MR) is 66.8 cm³/mol. The van der Waals surface area contributed by atoms with E-state index in [9.17, 15) is 14.8 Å². The molecule has 0 radical (unpaired) electrons. The molecule has 1 aromatic heterocycles. The molecule has 96 valence electrons. The Balaban J connectivity index is 2.30. The van der Waals surface area contributed by atoms with E-state index < -0.39 is 0 Å². The quantitative estimate of drug-likeness (QED) is 0.676. The van der Waals surface area contributed by atoms with Crippen LogP contribution in [0.25, 0.3) is 0 Å². The molecule has 1 aromatic carbocycles. The summed E-state index contributed by atoms with van der Waals surface area (Å²) in [7, 11) is 0. The molecule has 0 aliphatic heterocycles. The van der Waals surface area contributed by atoms with Crippen LogP contribution in [0.3, 0.4) is 0 Å². The van der Waals surface area contributed by atoms with Crippen molar-refractivity contribution in [3.8, 4) is 0 Å². The fourth-order valence-corrected chi connectivity index (χ4v) is 2.30. The molecule has 2 aromatic rings. The van der Waals surface area contributed by atoms with Crippen LogP contribution in [0.4, 0.5) is 0 Å². The van der Waals surface area contributed by atoms with Crippen LogP contribution < -0.4 is 0 Å². The number of fused-ring (bicyclic) bond motifs is 2. The van der Waals surface area contributed by atoms with Crippen molar-refractivity contribution in [1.82, 2.24) is 9.71 Å². The van der Waals surface area contributed by atoms with Crippen molar-refractivity contribution < 1.29 is 14.8 Å². The predicted octanol–water partition coefficient (Wildman–Crippen LogP) is 2.02. The molecule has 5 heteroatoms. The van der Waals surface area contributed by atoms with Crippen LogP contribution in [0, 0.1) is 0 Å². The van der Waals surface area contributed by atoms with Crippen molar-refractivity contribution in [1.29, 1.82) is 0 Å². The lowest BCUT2D eigenvalue weighted by Gasteiger charge is -2.13. The van der Waals surface area contributed by atoms with Gasteiger partial charge in [-0.2, -0.15) is 4.73 Å². The van der Waals surface area contributed by atoms with Crippen molar-refractivity contribution in [2.45, 2.75) is 19.8 Å². The van der Waals surface area contributed by atoms with Crippen molar-refractivity contribution in [2.24, 2.45) is 0 Å². The smallest absolute Gasteiger partial charge is 0.216 e. The maximum Gasteiger partial charge on any atom is 0.216 e. The molecule has 0 saturated carbocycles. The number of rotatable bonds is 1. The molecule has 0 bridgehead atoms. The van der Waals surface area contributed by atoms with Crippen LogP contribution in [0.15, 0.2) is 24.3 Å². The Morgan fingerprint density at radius 2 is 1.68 bits per heavy atom. The fourth-order valence-electron chi connectivity index (χ4n) is 2.30. The number of ketones is 2. The first-order valence-electron chi connectivity index (χ1n) is 6.02. The summed E-state index contributed by atoms with van der Waals surface area (Å²) in [6.45, 7) is 3.67. The maximum atomic E-state index is 12.3. The van der Waals surface area contributed by atoms with E-state index in [0.29, 0.717) is 17.0 Å². The van der Waals surface area contributed by atoms with E-state index in [0.717, 1.165) is 4.73 Å². The summed E-state index contributed by atoms with van der Waals surface area (Å²) >= 11 is 0. The first kappa shape index (κ1) is 11.6. The summed E-state index contributed by atoms with van der Waals surface area (Å²) < 4.78 is 0.746.